The van der Waals surface area contributed by atoms with Gasteiger partial charge in [-0.1, -0.05) is 78.8 Å². The third-order valence-corrected chi connectivity index (χ3v) is 0.329. The first-order chi connectivity index (χ1) is 7.24. The average Bonchev–Trinajstić information content (AvgIpc) is 2.27. The van der Waals surface area contributed by atoms with E-state index < -0.39 is 0 Å². The SMILES string of the molecule is C=C/C=C\C.C=CC.CC.CC.CCC. The Hall–Kier alpha value is -0.780. The summed E-state index contributed by atoms with van der Waals surface area (Å²) in [6, 6.07) is 0. The molecule has 0 aliphatic heterocycles. The van der Waals surface area contributed by atoms with E-state index in [1.54, 1.807) is 12.2 Å². The molecule has 15 heavy (non-hydrogen) atoms. The average molecular weight is 214 g/mol. The van der Waals surface area contributed by atoms with Crippen molar-refractivity contribution in [3.05, 3.63) is 37.5 Å². The summed E-state index contributed by atoms with van der Waals surface area (Å²) in [4.78, 5) is 0. The van der Waals surface area contributed by atoms with Crippen LogP contribution in [-0.2, 0) is 0 Å². The van der Waals surface area contributed by atoms with Gasteiger partial charge in [-0.25, -0.2) is 0 Å². The molecule has 0 radical (unpaired) electrons. The molecule has 0 aliphatic rings. The van der Waals surface area contributed by atoms with Gasteiger partial charge in [-0.15, -0.1) is 6.58 Å². The van der Waals surface area contributed by atoms with Crippen molar-refractivity contribution in [1.29, 1.82) is 0 Å². The Kier molecular flexibility index (Phi) is 216. The first-order valence-corrected chi connectivity index (χ1v) is 6.05. The Morgan fingerprint density at radius 2 is 1.07 bits per heavy atom. The van der Waals surface area contributed by atoms with Crippen molar-refractivity contribution in [2.75, 3.05) is 0 Å². The Morgan fingerprint density at radius 3 is 1.07 bits per heavy atom. The van der Waals surface area contributed by atoms with Crippen molar-refractivity contribution in [3.8, 4) is 0 Å². The number of rotatable bonds is 1. The molecule has 0 spiro atoms. The summed E-state index contributed by atoms with van der Waals surface area (Å²) in [6.45, 7) is 22.9. The van der Waals surface area contributed by atoms with Gasteiger partial charge in [-0.3, -0.25) is 0 Å². The van der Waals surface area contributed by atoms with Gasteiger partial charge in [-0.05, 0) is 13.8 Å². The molecule has 0 unspecified atom stereocenters. The lowest BCUT2D eigenvalue weighted by molar-refractivity contribution is 1.09. The van der Waals surface area contributed by atoms with Crippen LogP contribution in [0.2, 0.25) is 0 Å². The van der Waals surface area contributed by atoms with Gasteiger partial charge in [-0.2, -0.15) is 0 Å². The second-order valence-corrected chi connectivity index (χ2v) is 1.88. The van der Waals surface area contributed by atoms with E-state index in [4.69, 9.17) is 0 Å². The van der Waals surface area contributed by atoms with Gasteiger partial charge in [0, 0.05) is 0 Å². The molecular formula is C15H34. The van der Waals surface area contributed by atoms with Crippen LogP contribution in [-0.4, -0.2) is 0 Å². The molecule has 0 heteroatoms. The minimum Gasteiger partial charge on any atom is -0.103 e. The van der Waals surface area contributed by atoms with Crippen LogP contribution in [0.3, 0.4) is 0 Å². The van der Waals surface area contributed by atoms with Crippen LogP contribution in [0.5, 0.6) is 0 Å². The maximum absolute atomic E-state index is 3.46. The summed E-state index contributed by atoms with van der Waals surface area (Å²) in [7, 11) is 0. The van der Waals surface area contributed by atoms with Crippen molar-refractivity contribution >= 4 is 0 Å². The Balaban J connectivity index is -0.0000000296. The molecule has 0 nitrogen and oxygen atoms in total. The van der Waals surface area contributed by atoms with Gasteiger partial charge < -0.3 is 0 Å². The quantitative estimate of drug-likeness (QED) is 0.349. The van der Waals surface area contributed by atoms with Crippen molar-refractivity contribution in [2.45, 2.75) is 61.8 Å². The molecule has 0 aromatic heterocycles. The summed E-state index contributed by atoms with van der Waals surface area (Å²) in [5.74, 6) is 0. The summed E-state index contributed by atoms with van der Waals surface area (Å²) in [5.41, 5.74) is 0. The molecule has 0 aromatic carbocycles. The molecule has 0 saturated heterocycles. The van der Waals surface area contributed by atoms with Gasteiger partial charge in [0.1, 0.15) is 0 Å². The lowest BCUT2D eigenvalue weighted by Crippen LogP contribution is -1.33. The molecule has 0 atom stereocenters. The van der Waals surface area contributed by atoms with Crippen LogP contribution in [0.15, 0.2) is 37.5 Å². The van der Waals surface area contributed by atoms with E-state index in [0.29, 0.717) is 0 Å². The summed E-state index contributed by atoms with van der Waals surface area (Å²) in [5, 5.41) is 0. The van der Waals surface area contributed by atoms with E-state index in [2.05, 4.69) is 27.0 Å². The van der Waals surface area contributed by atoms with Gasteiger partial charge in [0.05, 0.1) is 0 Å². The van der Waals surface area contributed by atoms with E-state index in [1.165, 1.54) is 6.42 Å². The second-order valence-electron chi connectivity index (χ2n) is 1.88. The largest absolute Gasteiger partial charge is 0.103 e. The van der Waals surface area contributed by atoms with Crippen molar-refractivity contribution in [2.24, 2.45) is 0 Å². The maximum atomic E-state index is 3.46. The molecule has 0 aromatic rings. The first kappa shape index (κ1) is 29.2. The topological polar surface area (TPSA) is 0 Å². The standard InChI is InChI=1S/C5H8.C3H8.C3H6.2C2H6/c1-3-5-4-2;2*1-3-2;2*1-2/h3-5H,1H2,2H3;3H2,1-2H3;3H,1H2,2H3;2*1-2H3/b5-4-;;;;. The van der Waals surface area contributed by atoms with Crippen LogP contribution in [0.1, 0.15) is 61.8 Å². The van der Waals surface area contributed by atoms with E-state index in [-0.39, 0.29) is 0 Å². The van der Waals surface area contributed by atoms with Crippen molar-refractivity contribution in [3.63, 3.8) is 0 Å². The monoisotopic (exact) mass is 214 g/mol. The summed E-state index contributed by atoms with van der Waals surface area (Å²) < 4.78 is 0. The van der Waals surface area contributed by atoms with Gasteiger partial charge in [0.25, 0.3) is 0 Å². The molecule has 0 fully saturated rings. The highest BCUT2D eigenvalue weighted by Crippen LogP contribution is 1.64. The third kappa shape index (κ3) is 1120. The molecule has 0 heterocycles. The van der Waals surface area contributed by atoms with Crippen LogP contribution in [0, 0.1) is 0 Å². The second kappa shape index (κ2) is 111. The molecule has 0 bridgehead atoms. The lowest BCUT2D eigenvalue weighted by atomic mass is 10.5. The van der Waals surface area contributed by atoms with Gasteiger partial charge in [0.2, 0.25) is 0 Å². The van der Waals surface area contributed by atoms with Crippen LogP contribution < -0.4 is 0 Å². The van der Waals surface area contributed by atoms with Gasteiger partial charge >= 0.3 is 0 Å². The van der Waals surface area contributed by atoms with E-state index in [9.17, 15) is 0 Å². The normalized spacial score (nSPS) is 5.87. The Labute approximate surface area is 99.8 Å². The molecule has 0 aliphatic carbocycles. The third-order valence-electron chi connectivity index (χ3n) is 0.329. The minimum atomic E-state index is 1.25. The molecule has 0 rings (SSSR count). The highest BCUT2D eigenvalue weighted by atomic mass is 13.5. The summed E-state index contributed by atoms with van der Waals surface area (Å²) >= 11 is 0. The predicted octanol–water partition coefficient (Wildman–Crippen LogP) is 6.41. The zero-order valence-electron chi connectivity index (χ0n) is 12.4. The fraction of sp³-hybridized carbons (Fsp3) is 0.600. The molecule has 0 amide bonds. The van der Waals surface area contributed by atoms with Crippen LogP contribution in [0.25, 0.3) is 0 Å². The fourth-order valence-electron chi connectivity index (χ4n) is 0.136. The molecular weight excluding hydrogens is 180 g/mol. The zero-order valence-corrected chi connectivity index (χ0v) is 12.4. The highest BCUT2D eigenvalue weighted by molar-refractivity contribution is 4.94. The first-order valence-electron chi connectivity index (χ1n) is 6.05. The van der Waals surface area contributed by atoms with Gasteiger partial charge in [0.15, 0.2) is 0 Å². The molecule has 0 saturated carbocycles. The van der Waals surface area contributed by atoms with Crippen LogP contribution in [0.4, 0.5) is 0 Å². The predicted molar refractivity (Wildman–Crippen MR) is 79.5 cm³/mol. The van der Waals surface area contributed by atoms with Crippen LogP contribution >= 0.6 is 0 Å². The lowest BCUT2D eigenvalue weighted by Gasteiger charge is -1.56. The van der Waals surface area contributed by atoms with E-state index in [0.717, 1.165) is 0 Å². The molecule has 0 N–H and O–H groups in total. The maximum Gasteiger partial charge on any atom is -0.0467 e. The summed E-state index contributed by atoms with van der Waals surface area (Å²) in [6.07, 6.45) is 8.58. The minimum absolute atomic E-state index is 1.25. The van der Waals surface area contributed by atoms with Crippen molar-refractivity contribution < 1.29 is 0 Å². The van der Waals surface area contributed by atoms with Crippen molar-refractivity contribution in [1.82, 2.24) is 0 Å². The number of hydrogen-bond acceptors (Lipinski definition) is 0. The number of allylic oxidation sites excluding steroid dienone is 4. The zero-order chi connectivity index (χ0) is 13.5. The highest BCUT2D eigenvalue weighted by Gasteiger charge is 1.42. The van der Waals surface area contributed by atoms with E-state index >= 15 is 0 Å². The number of hydrogen-bond donors (Lipinski definition) is 0. The Morgan fingerprint density at radius 1 is 0.867 bits per heavy atom. The Bertz CT molecular complexity index is 78.0. The fourth-order valence-corrected chi connectivity index (χ4v) is 0.136. The van der Waals surface area contributed by atoms with E-state index in [1.807, 2.05) is 53.7 Å². The molecule has 94 valence electrons. The smallest absolute Gasteiger partial charge is 0.0467 e.